The van der Waals surface area contributed by atoms with Gasteiger partial charge in [-0.25, -0.2) is 0 Å². The van der Waals surface area contributed by atoms with Gasteiger partial charge in [-0.15, -0.1) is 0 Å². The van der Waals surface area contributed by atoms with E-state index in [9.17, 15) is 4.79 Å². The van der Waals surface area contributed by atoms with E-state index in [1.807, 2.05) is 24.3 Å². The Balaban J connectivity index is 1.10. The molecule has 1 N–H and O–H groups in total. The summed E-state index contributed by atoms with van der Waals surface area (Å²) in [5.41, 5.74) is 0.916. The van der Waals surface area contributed by atoms with E-state index in [2.05, 4.69) is 15.5 Å². The second-order valence-corrected chi connectivity index (χ2v) is 8.54. The molecule has 2 aliphatic carbocycles. The van der Waals surface area contributed by atoms with Gasteiger partial charge in [-0.2, -0.15) is 4.98 Å². The number of rotatable bonds is 10. The highest BCUT2D eigenvalue weighted by atomic mass is 16.5. The molecular formula is C23H31N3O3. The lowest BCUT2D eigenvalue weighted by molar-refractivity contribution is -0.122. The van der Waals surface area contributed by atoms with Crippen LogP contribution in [0.1, 0.15) is 57.3 Å². The van der Waals surface area contributed by atoms with Gasteiger partial charge < -0.3 is 14.6 Å². The summed E-state index contributed by atoms with van der Waals surface area (Å²) in [6, 6.07) is 7.62. The van der Waals surface area contributed by atoms with Crippen molar-refractivity contribution in [1.82, 2.24) is 15.5 Å². The lowest BCUT2D eigenvalue weighted by Crippen LogP contribution is -2.28. The van der Waals surface area contributed by atoms with Crippen molar-refractivity contribution in [2.45, 2.75) is 57.8 Å². The molecule has 2 aliphatic rings. The SMILES string of the molecule is COc1ccc(-c2noc(CCCCCNC(=O)C[C@H]3C[C@@H]4CC[C@@H]3C4)n2)cc1. The average molecular weight is 398 g/mol. The highest BCUT2D eigenvalue weighted by Gasteiger charge is 2.39. The van der Waals surface area contributed by atoms with Crippen molar-refractivity contribution < 1.29 is 14.1 Å². The van der Waals surface area contributed by atoms with Crippen molar-refractivity contribution in [1.29, 1.82) is 0 Å². The number of fused-ring (bicyclic) bond motifs is 2. The van der Waals surface area contributed by atoms with Crippen LogP contribution in [0.3, 0.4) is 0 Å². The van der Waals surface area contributed by atoms with Gasteiger partial charge in [0, 0.05) is 24.9 Å². The van der Waals surface area contributed by atoms with E-state index in [0.29, 0.717) is 17.6 Å². The van der Waals surface area contributed by atoms with Gasteiger partial charge in [0.1, 0.15) is 5.75 Å². The maximum Gasteiger partial charge on any atom is 0.226 e. The van der Waals surface area contributed by atoms with Crippen LogP contribution < -0.4 is 10.1 Å². The van der Waals surface area contributed by atoms with Crippen molar-refractivity contribution in [3.63, 3.8) is 0 Å². The van der Waals surface area contributed by atoms with Crippen molar-refractivity contribution in [2.75, 3.05) is 13.7 Å². The Labute approximate surface area is 172 Å². The summed E-state index contributed by atoms with van der Waals surface area (Å²) in [7, 11) is 1.64. The third kappa shape index (κ3) is 5.17. The number of amides is 1. The normalized spacial score (nSPS) is 22.7. The number of ether oxygens (including phenoxy) is 1. The number of nitrogens with one attached hydrogen (secondary N) is 1. The number of methoxy groups -OCH3 is 1. The first-order valence-electron chi connectivity index (χ1n) is 10.9. The summed E-state index contributed by atoms with van der Waals surface area (Å²) in [6.45, 7) is 0.764. The zero-order valence-electron chi connectivity index (χ0n) is 17.2. The molecule has 2 bridgehead atoms. The Morgan fingerprint density at radius 1 is 1.17 bits per heavy atom. The second-order valence-electron chi connectivity index (χ2n) is 8.54. The number of hydrogen-bond acceptors (Lipinski definition) is 5. The van der Waals surface area contributed by atoms with Crippen molar-refractivity contribution >= 4 is 5.91 Å². The van der Waals surface area contributed by atoms with E-state index >= 15 is 0 Å². The second kappa shape index (κ2) is 9.42. The summed E-state index contributed by atoms with van der Waals surface area (Å²) in [5.74, 6) is 4.69. The van der Waals surface area contributed by atoms with Crippen molar-refractivity contribution in [3.05, 3.63) is 30.2 Å². The number of nitrogens with zero attached hydrogens (tertiary/aromatic N) is 2. The number of hydrogen-bond donors (Lipinski definition) is 1. The molecule has 0 saturated heterocycles. The number of aryl methyl sites for hydroxylation is 1. The average Bonchev–Trinajstić information content (AvgIpc) is 3.48. The molecule has 0 unspecified atom stereocenters. The van der Waals surface area contributed by atoms with Gasteiger partial charge in [0.15, 0.2) is 0 Å². The standard InChI is InChI=1S/C23H31N3O3/c1-28-20-10-8-17(9-11-20)23-25-22(29-26-23)5-3-2-4-12-24-21(27)15-19-14-16-6-7-18(19)13-16/h8-11,16,18-19H,2-7,12-15H2,1H3,(H,24,27)/t16-,18-,19-/m1/s1. The number of carbonyl (C=O) groups excluding carboxylic acids is 1. The molecule has 0 aliphatic heterocycles. The maximum atomic E-state index is 12.2. The molecule has 0 radical (unpaired) electrons. The summed E-state index contributed by atoms with van der Waals surface area (Å²) in [4.78, 5) is 16.6. The topological polar surface area (TPSA) is 77.3 Å². The molecule has 1 amide bonds. The fourth-order valence-electron chi connectivity index (χ4n) is 4.96. The third-order valence-electron chi connectivity index (χ3n) is 6.54. The Morgan fingerprint density at radius 2 is 2.03 bits per heavy atom. The van der Waals surface area contributed by atoms with Crippen LogP contribution in [-0.4, -0.2) is 29.7 Å². The smallest absolute Gasteiger partial charge is 0.226 e. The molecular weight excluding hydrogens is 366 g/mol. The predicted molar refractivity (Wildman–Crippen MR) is 110 cm³/mol. The Kier molecular flexibility index (Phi) is 6.47. The van der Waals surface area contributed by atoms with Crippen LogP contribution in [0.15, 0.2) is 28.8 Å². The quantitative estimate of drug-likeness (QED) is 0.601. The van der Waals surface area contributed by atoms with Gasteiger partial charge in [-0.1, -0.05) is 18.0 Å². The highest BCUT2D eigenvalue weighted by molar-refractivity contribution is 5.76. The lowest BCUT2D eigenvalue weighted by atomic mass is 9.86. The first-order valence-corrected chi connectivity index (χ1v) is 10.9. The molecule has 156 valence electrons. The van der Waals surface area contributed by atoms with Gasteiger partial charge in [0.25, 0.3) is 0 Å². The van der Waals surface area contributed by atoms with E-state index in [1.54, 1.807) is 7.11 Å². The van der Waals surface area contributed by atoms with Gasteiger partial charge >= 0.3 is 0 Å². The van der Waals surface area contributed by atoms with E-state index in [1.165, 1.54) is 25.7 Å². The number of benzene rings is 1. The number of carbonyl (C=O) groups is 1. The lowest BCUT2D eigenvalue weighted by Gasteiger charge is -2.20. The minimum absolute atomic E-state index is 0.239. The largest absolute Gasteiger partial charge is 0.497 e. The number of aromatic nitrogens is 2. The molecule has 1 aromatic carbocycles. The monoisotopic (exact) mass is 397 g/mol. The van der Waals surface area contributed by atoms with Crippen LogP contribution in [0.5, 0.6) is 5.75 Å². The zero-order chi connectivity index (χ0) is 20.1. The first kappa shape index (κ1) is 19.9. The minimum Gasteiger partial charge on any atom is -0.497 e. The van der Waals surface area contributed by atoms with Crippen LogP contribution in [0.25, 0.3) is 11.4 Å². The van der Waals surface area contributed by atoms with Crippen molar-refractivity contribution in [3.8, 4) is 17.1 Å². The highest BCUT2D eigenvalue weighted by Crippen LogP contribution is 2.49. The molecule has 1 heterocycles. The Morgan fingerprint density at radius 3 is 2.76 bits per heavy atom. The molecule has 4 rings (SSSR count). The van der Waals surface area contributed by atoms with Gasteiger partial charge in [-0.05, 0) is 74.1 Å². The Hall–Kier alpha value is -2.37. The molecule has 2 saturated carbocycles. The zero-order valence-corrected chi connectivity index (χ0v) is 17.2. The van der Waals surface area contributed by atoms with E-state index in [4.69, 9.17) is 9.26 Å². The van der Waals surface area contributed by atoms with Crippen LogP contribution in [0.2, 0.25) is 0 Å². The predicted octanol–water partition coefficient (Wildman–Crippen LogP) is 4.40. The van der Waals surface area contributed by atoms with Gasteiger partial charge in [0.05, 0.1) is 7.11 Å². The van der Waals surface area contributed by atoms with Gasteiger partial charge in [0.2, 0.25) is 17.6 Å². The summed E-state index contributed by atoms with van der Waals surface area (Å²) >= 11 is 0. The van der Waals surface area contributed by atoms with Crippen molar-refractivity contribution in [2.24, 2.45) is 17.8 Å². The molecule has 0 spiro atoms. The molecule has 29 heavy (non-hydrogen) atoms. The molecule has 2 fully saturated rings. The fourth-order valence-corrected chi connectivity index (χ4v) is 4.96. The molecule has 6 nitrogen and oxygen atoms in total. The maximum absolute atomic E-state index is 12.2. The van der Waals surface area contributed by atoms with Crippen LogP contribution >= 0.6 is 0 Å². The molecule has 3 atom stereocenters. The molecule has 1 aromatic heterocycles. The van der Waals surface area contributed by atoms with Crippen LogP contribution in [-0.2, 0) is 11.2 Å². The van der Waals surface area contributed by atoms with E-state index in [0.717, 1.165) is 61.8 Å². The molecule has 6 heteroatoms. The third-order valence-corrected chi connectivity index (χ3v) is 6.54. The number of unbranched alkanes of at least 4 members (excludes halogenated alkanes) is 2. The molecule has 2 aromatic rings. The fraction of sp³-hybridized carbons (Fsp3) is 0.609. The summed E-state index contributed by atoms with van der Waals surface area (Å²) < 4.78 is 10.5. The van der Waals surface area contributed by atoms with Gasteiger partial charge in [-0.3, -0.25) is 4.79 Å². The van der Waals surface area contributed by atoms with E-state index < -0.39 is 0 Å². The summed E-state index contributed by atoms with van der Waals surface area (Å²) in [6.07, 6.45) is 9.89. The van der Waals surface area contributed by atoms with Crippen LogP contribution in [0.4, 0.5) is 0 Å². The summed E-state index contributed by atoms with van der Waals surface area (Å²) in [5, 5.41) is 7.16. The first-order chi connectivity index (χ1) is 14.2. The van der Waals surface area contributed by atoms with Crippen LogP contribution in [0, 0.1) is 17.8 Å². The Bertz CT molecular complexity index is 802. The van der Waals surface area contributed by atoms with E-state index in [-0.39, 0.29) is 5.91 Å². The minimum atomic E-state index is 0.239.